The van der Waals surface area contributed by atoms with Crippen LogP contribution in [0.15, 0.2) is 0 Å². The first kappa shape index (κ1) is 21.8. The van der Waals surface area contributed by atoms with E-state index in [1.165, 1.54) is 44.9 Å². The third kappa shape index (κ3) is 13.5. The predicted octanol–water partition coefficient (Wildman–Crippen LogP) is 8.06. The monoisotopic (exact) mass is 322 g/mol. The van der Waals surface area contributed by atoms with Crippen molar-refractivity contribution < 1.29 is 13.2 Å². The molecule has 3 heteroatoms. The van der Waals surface area contributed by atoms with Gasteiger partial charge in [0.15, 0.2) is 0 Å². The van der Waals surface area contributed by atoms with Gasteiger partial charge >= 0.3 is 6.18 Å². The molecule has 1 unspecified atom stereocenters. The van der Waals surface area contributed by atoms with E-state index in [0.717, 1.165) is 38.5 Å². The van der Waals surface area contributed by atoms with Crippen molar-refractivity contribution in [2.24, 2.45) is 5.92 Å². The molecule has 134 valence electrons. The lowest BCUT2D eigenvalue weighted by molar-refractivity contribution is -0.178. The molecule has 0 amide bonds. The summed E-state index contributed by atoms with van der Waals surface area (Å²) in [4.78, 5) is 0. The molecule has 0 radical (unpaired) electrons. The minimum atomic E-state index is -3.99. The van der Waals surface area contributed by atoms with Gasteiger partial charge in [-0.2, -0.15) is 13.2 Å². The topological polar surface area (TPSA) is 0 Å². The molecule has 22 heavy (non-hydrogen) atoms. The van der Waals surface area contributed by atoms with Crippen molar-refractivity contribution in [3.8, 4) is 0 Å². The Labute approximate surface area is 136 Å². The molecule has 0 aliphatic heterocycles. The smallest absolute Gasteiger partial charge is 0.171 e. The van der Waals surface area contributed by atoms with Gasteiger partial charge in [-0.3, -0.25) is 0 Å². The summed E-state index contributed by atoms with van der Waals surface area (Å²) in [5.74, 6) is -1.06. The quantitative estimate of drug-likeness (QED) is 0.267. The number of hydrogen-bond acceptors (Lipinski definition) is 0. The van der Waals surface area contributed by atoms with Crippen LogP contribution < -0.4 is 0 Å². The van der Waals surface area contributed by atoms with Gasteiger partial charge in [0.05, 0.1) is 5.92 Å². The molecular formula is C19H37F3. The fourth-order valence-electron chi connectivity index (χ4n) is 2.99. The molecule has 0 fully saturated rings. The summed E-state index contributed by atoms with van der Waals surface area (Å²) in [6.07, 6.45) is 10.7. The van der Waals surface area contributed by atoms with Gasteiger partial charge in [0.2, 0.25) is 0 Å². The first-order valence-corrected chi connectivity index (χ1v) is 9.59. The van der Waals surface area contributed by atoms with Crippen LogP contribution in [-0.2, 0) is 0 Å². The van der Waals surface area contributed by atoms with Crippen LogP contribution in [0.5, 0.6) is 0 Å². The second-order valence-corrected chi connectivity index (χ2v) is 6.70. The van der Waals surface area contributed by atoms with Crippen molar-refractivity contribution in [2.75, 3.05) is 0 Å². The summed E-state index contributed by atoms with van der Waals surface area (Å²) in [7, 11) is 0. The minimum Gasteiger partial charge on any atom is -0.171 e. The van der Waals surface area contributed by atoms with Gasteiger partial charge in [0, 0.05) is 0 Å². The lowest BCUT2D eigenvalue weighted by atomic mass is 9.93. The third-order valence-corrected chi connectivity index (χ3v) is 4.53. The number of rotatable bonds is 15. The zero-order valence-corrected chi connectivity index (χ0v) is 14.8. The van der Waals surface area contributed by atoms with Gasteiger partial charge in [-0.05, 0) is 12.8 Å². The van der Waals surface area contributed by atoms with Crippen molar-refractivity contribution in [1.29, 1.82) is 0 Å². The van der Waals surface area contributed by atoms with Gasteiger partial charge in [-0.1, -0.05) is 97.3 Å². The Bertz CT molecular complexity index is 223. The Hall–Kier alpha value is -0.210. The maximum absolute atomic E-state index is 13.0. The van der Waals surface area contributed by atoms with Crippen LogP contribution in [0, 0.1) is 5.92 Å². The Morgan fingerprint density at radius 2 is 0.864 bits per heavy atom. The molecule has 0 aromatic carbocycles. The first-order chi connectivity index (χ1) is 10.5. The van der Waals surface area contributed by atoms with Crippen LogP contribution >= 0.6 is 0 Å². The standard InChI is InChI=1S/C19H37F3/c1-3-5-7-9-11-13-15-17-18(19(20,21)22)16-14-12-10-8-6-4-2/h18H,3-17H2,1-2H3. The molecule has 0 N–H and O–H groups in total. The molecule has 0 spiro atoms. The fraction of sp³-hybridized carbons (Fsp3) is 1.00. The minimum absolute atomic E-state index is 0.339. The van der Waals surface area contributed by atoms with Gasteiger partial charge in [-0.15, -0.1) is 0 Å². The van der Waals surface area contributed by atoms with E-state index in [-0.39, 0.29) is 0 Å². The summed E-state index contributed by atoms with van der Waals surface area (Å²) >= 11 is 0. The molecule has 0 saturated heterocycles. The maximum atomic E-state index is 13.0. The molecule has 0 bridgehead atoms. The molecule has 1 atom stereocenters. The van der Waals surface area contributed by atoms with E-state index < -0.39 is 12.1 Å². The Morgan fingerprint density at radius 1 is 0.545 bits per heavy atom. The highest BCUT2D eigenvalue weighted by Gasteiger charge is 2.38. The molecule has 0 saturated carbocycles. The van der Waals surface area contributed by atoms with E-state index in [1.54, 1.807) is 0 Å². The van der Waals surface area contributed by atoms with E-state index in [9.17, 15) is 13.2 Å². The Morgan fingerprint density at radius 3 is 1.18 bits per heavy atom. The normalized spacial score (nSPS) is 13.5. The molecule has 0 aliphatic carbocycles. The zero-order valence-electron chi connectivity index (χ0n) is 14.8. The van der Waals surface area contributed by atoms with Gasteiger partial charge < -0.3 is 0 Å². The van der Waals surface area contributed by atoms with E-state index in [2.05, 4.69) is 13.8 Å². The highest BCUT2D eigenvalue weighted by atomic mass is 19.4. The fourth-order valence-corrected chi connectivity index (χ4v) is 2.99. The van der Waals surface area contributed by atoms with Crippen LogP contribution in [-0.4, -0.2) is 6.18 Å². The van der Waals surface area contributed by atoms with Gasteiger partial charge in [0.25, 0.3) is 0 Å². The SMILES string of the molecule is CCCCCCCCCC(CCCCCCCC)C(F)(F)F. The maximum Gasteiger partial charge on any atom is 0.391 e. The van der Waals surface area contributed by atoms with Gasteiger partial charge in [0.1, 0.15) is 0 Å². The van der Waals surface area contributed by atoms with E-state index in [0.29, 0.717) is 12.8 Å². The molecule has 0 rings (SSSR count). The third-order valence-electron chi connectivity index (χ3n) is 4.53. The van der Waals surface area contributed by atoms with E-state index >= 15 is 0 Å². The summed E-state index contributed by atoms with van der Waals surface area (Å²) < 4.78 is 39.1. The lowest BCUT2D eigenvalue weighted by Gasteiger charge is -2.20. The molecule has 0 heterocycles. The average Bonchev–Trinajstić information content (AvgIpc) is 2.46. The molecule has 0 aromatic rings. The van der Waals surface area contributed by atoms with Crippen molar-refractivity contribution >= 4 is 0 Å². The Balaban J connectivity index is 3.71. The summed E-state index contributed by atoms with van der Waals surface area (Å²) in [6.45, 7) is 4.33. The van der Waals surface area contributed by atoms with Crippen molar-refractivity contribution in [3.63, 3.8) is 0 Å². The molecular weight excluding hydrogens is 285 g/mol. The van der Waals surface area contributed by atoms with Crippen LogP contribution in [0.1, 0.15) is 110 Å². The van der Waals surface area contributed by atoms with Crippen molar-refractivity contribution in [3.05, 3.63) is 0 Å². The lowest BCUT2D eigenvalue weighted by Crippen LogP contribution is -2.22. The van der Waals surface area contributed by atoms with E-state index in [1.807, 2.05) is 0 Å². The van der Waals surface area contributed by atoms with Crippen LogP contribution in [0.2, 0.25) is 0 Å². The van der Waals surface area contributed by atoms with Gasteiger partial charge in [-0.25, -0.2) is 0 Å². The van der Waals surface area contributed by atoms with E-state index in [4.69, 9.17) is 0 Å². The second-order valence-electron chi connectivity index (χ2n) is 6.70. The predicted molar refractivity (Wildman–Crippen MR) is 90.1 cm³/mol. The largest absolute Gasteiger partial charge is 0.391 e. The number of hydrogen-bond donors (Lipinski definition) is 0. The van der Waals surface area contributed by atoms with Crippen LogP contribution in [0.3, 0.4) is 0 Å². The average molecular weight is 322 g/mol. The first-order valence-electron chi connectivity index (χ1n) is 9.59. The van der Waals surface area contributed by atoms with Crippen LogP contribution in [0.25, 0.3) is 0 Å². The van der Waals surface area contributed by atoms with Crippen LogP contribution in [0.4, 0.5) is 13.2 Å². The second kappa shape index (κ2) is 14.4. The van der Waals surface area contributed by atoms with Crippen molar-refractivity contribution in [1.82, 2.24) is 0 Å². The number of halogens is 3. The summed E-state index contributed by atoms with van der Waals surface area (Å²) in [5.41, 5.74) is 0. The van der Waals surface area contributed by atoms with Crippen molar-refractivity contribution in [2.45, 2.75) is 116 Å². The number of unbranched alkanes of at least 4 members (excludes halogenated alkanes) is 11. The Kier molecular flexibility index (Phi) is 14.2. The molecule has 0 aliphatic rings. The highest BCUT2D eigenvalue weighted by Crippen LogP contribution is 2.34. The summed E-state index contributed by atoms with van der Waals surface area (Å²) in [6, 6.07) is 0. The molecule has 0 nitrogen and oxygen atoms in total. The molecule has 0 aromatic heterocycles. The highest BCUT2D eigenvalue weighted by molar-refractivity contribution is 4.68. The summed E-state index contributed by atoms with van der Waals surface area (Å²) in [5, 5.41) is 0. The number of alkyl halides is 3. The zero-order chi connectivity index (χ0) is 16.7.